The maximum absolute atomic E-state index is 10.6. The highest BCUT2D eigenvalue weighted by molar-refractivity contribution is 5.73. The van der Waals surface area contributed by atoms with Gasteiger partial charge in [-0.15, -0.1) is 0 Å². The molecule has 0 radical (unpaired) electrons. The molecule has 2 unspecified atom stereocenters. The monoisotopic (exact) mass is 519 g/mol. The highest BCUT2D eigenvalue weighted by Gasteiger charge is 2.26. The van der Waals surface area contributed by atoms with Crippen LogP contribution in [0.25, 0.3) is 0 Å². The zero-order chi connectivity index (χ0) is 29.9. The van der Waals surface area contributed by atoms with E-state index in [-0.39, 0.29) is 5.91 Å². The van der Waals surface area contributed by atoms with E-state index in [9.17, 15) is 4.79 Å². The molecule has 0 aromatic rings. The minimum atomic E-state index is 0.225. The Kier molecular flexibility index (Phi) is 59.8. The molecule has 4 rings (SSSR count). The van der Waals surface area contributed by atoms with Gasteiger partial charge in [-0.3, -0.25) is 4.79 Å². The van der Waals surface area contributed by atoms with Gasteiger partial charge in [0.25, 0.3) is 0 Å². The van der Waals surface area contributed by atoms with E-state index in [2.05, 4.69) is 32.6 Å². The Labute approximate surface area is 233 Å². The summed E-state index contributed by atoms with van der Waals surface area (Å²) in [6.07, 6.45) is 11.2. The van der Waals surface area contributed by atoms with Crippen LogP contribution in [-0.4, -0.2) is 47.9 Å². The molecular weight excluding hydrogens is 440 g/mol. The summed E-state index contributed by atoms with van der Waals surface area (Å²) in [7, 11) is 0. The van der Waals surface area contributed by atoms with Crippen LogP contribution in [0.2, 0.25) is 0 Å². The molecule has 3 heteroatoms. The van der Waals surface area contributed by atoms with Crippen LogP contribution >= 0.6 is 0 Å². The number of carbonyl (C=O) groups excluding carboxylic acids is 1. The predicted molar refractivity (Wildman–Crippen MR) is 172 cm³/mol. The van der Waals surface area contributed by atoms with E-state index in [0.717, 1.165) is 31.0 Å². The van der Waals surface area contributed by atoms with Crippen LogP contribution in [0.4, 0.5) is 0 Å². The Balaban J connectivity index is -0.0000000750. The first-order chi connectivity index (χ1) is 17.4. The van der Waals surface area contributed by atoms with Crippen LogP contribution in [0.1, 0.15) is 169 Å². The summed E-state index contributed by atoms with van der Waals surface area (Å²) in [6.45, 7) is 39.4. The largest absolute Gasteiger partial charge is 0.343 e. The zero-order valence-electron chi connectivity index (χ0n) is 29.0. The zero-order valence-corrected chi connectivity index (χ0v) is 29.0. The summed E-state index contributed by atoms with van der Waals surface area (Å²) in [5, 5.41) is 0. The third kappa shape index (κ3) is 43.5. The fourth-order valence-corrected chi connectivity index (χ4v) is 2.80. The topological polar surface area (TPSA) is 23.6 Å². The fourth-order valence-electron chi connectivity index (χ4n) is 2.80. The van der Waals surface area contributed by atoms with Gasteiger partial charge in [0.2, 0.25) is 5.91 Å². The molecule has 4 fully saturated rings. The lowest BCUT2D eigenvalue weighted by atomic mass is 10.3. The van der Waals surface area contributed by atoms with Gasteiger partial charge in [-0.2, -0.15) is 0 Å². The maximum atomic E-state index is 10.6. The molecule has 2 saturated heterocycles. The first-order valence-corrected chi connectivity index (χ1v) is 16.4. The minimum absolute atomic E-state index is 0.225. The molecule has 1 amide bonds. The number of rotatable bonds is 1. The number of amides is 1. The molecule has 2 saturated carbocycles. The van der Waals surface area contributed by atoms with E-state index in [4.69, 9.17) is 0 Å². The molecule has 3 nitrogen and oxygen atoms in total. The summed E-state index contributed by atoms with van der Waals surface area (Å²) < 4.78 is 0. The van der Waals surface area contributed by atoms with Gasteiger partial charge in [-0.05, 0) is 70.9 Å². The normalized spacial score (nSPS) is 19.2. The SMILES string of the molecule is C1CC1.CC.CC.CC.CC.CC.CC.CC(=O)N1CCCC1.CC(C)N1CCCC1.CC1CC1C. The van der Waals surface area contributed by atoms with E-state index in [1.54, 1.807) is 6.92 Å². The molecule has 2 aliphatic heterocycles. The molecule has 0 aromatic heterocycles. The van der Waals surface area contributed by atoms with Crippen molar-refractivity contribution in [1.29, 1.82) is 0 Å². The molecule has 4 aliphatic rings. The summed E-state index contributed by atoms with van der Waals surface area (Å²) in [5.41, 5.74) is 0. The Morgan fingerprint density at radius 1 is 0.556 bits per heavy atom. The molecule has 0 spiro atoms. The van der Waals surface area contributed by atoms with Crippen LogP contribution in [0.5, 0.6) is 0 Å². The standard InChI is InChI=1S/C7H15N.C6H11NO.C5H10.C3H6.6C2H6/c1-7(2)8-5-3-4-6-8;1-6(8)7-4-2-3-5-7;1-4-3-5(4)2;1-2-3-1;6*1-2/h7H,3-6H2,1-2H3;2-5H2,1H3;4-5H,3H2,1-2H3;1-3H2;6*1-2H3. The molecule has 36 heavy (non-hydrogen) atoms. The Hall–Kier alpha value is -0.570. The first kappa shape index (κ1) is 48.5. The lowest BCUT2D eigenvalue weighted by molar-refractivity contribution is -0.127. The van der Waals surface area contributed by atoms with Gasteiger partial charge in [-0.1, -0.05) is 116 Å². The van der Waals surface area contributed by atoms with Crippen LogP contribution in [0.15, 0.2) is 0 Å². The third-order valence-corrected chi connectivity index (χ3v) is 5.29. The van der Waals surface area contributed by atoms with E-state index < -0.39 is 0 Å². The molecule has 226 valence electrons. The number of hydrogen-bond acceptors (Lipinski definition) is 2. The van der Waals surface area contributed by atoms with E-state index >= 15 is 0 Å². The predicted octanol–water partition coefficient (Wildman–Crippen LogP) is 11.1. The fraction of sp³-hybridized carbons (Fsp3) is 0.970. The van der Waals surface area contributed by atoms with Crippen molar-refractivity contribution in [2.24, 2.45) is 11.8 Å². The molecule has 2 heterocycles. The number of nitrogens with zero attached hydrogens (tertiary/aromatic N) is 2. The second kappa shape index (κ2) is 44.4. The van der Waals surface area contributed by atoms with Crippen LogP contribution < -0.4 is 0 Å². The van der Waals surface area contributed by atoms with Crippen molar-refractivity contribution in [3.05, 3.63) is 0 Å². The van der Waals surface area contributed by atoms with Gasteiger partial charge < -0.3 is 9.80 Å². The van der Waals surface area contributed by atoms with Gasteiger partial charge in [-0.25, -0.2) is 0 Å². The quantitative estimate of drug-likeness (QED) is 0.344. The Morgan fingerprint density at radius 3 is 0.917 bits per heavy atom. The van der Waals surface area contributed by atoms with Gasteiger partial charge in [0.15, 0.2) is 0 Å². The average Bonchev–Trinajstić information content (AvgIpc) is 3.78. The van der Waals surface area contributed by atoms with Crippen molar-refractivity contribution in [3.63, 3.8) is 0 Å². The second-order valence-electron chi connectivity index (χ2n) is 8.30. The van der Waals surface area contributed by atoms with Crippen molar-refractivity contribution >= 4 is 5.91 Å². The van der Waals surface area contributed by atoms with Crippen molar-refractivity contribution in [2.75, 3.05) is 26.2 Å². The van der Waals surface area contributed by atoms with Crippen LogP contribution in [0.3, 0.4) is 0 Å². The van der Waals surface area contributed by atoms with E-state index in [0.29, 0.717) is 0 Å². The van der Waals surface area contributed by atoms with Gasteiger partial charge in [0.05, 0.1) is 0 Å². The summed E-state index contributed by atoms with van der Waals surface area (Å²) in [4.78, 5) is 15.0. The van der Waals surface area contributed by atoms with Crippen molar-refractivity contribution in [1.82, 2.24) is 9.80 Å². The van der Waals surface area contributed by atoms with E-state index in [1.807, 2.05) is 88.0 Å². The van der Waals surface area contributed by atoms with Gasteiger partial charge >= 0.3 is 0 Å². The molecule has 0 N–H and O–H groups in total. The highest BCUT2D eigenvalue weighted by atomic mass is 16.2. The first-order valence-electron chi connectivity index (χ1n) is 16.4. The summed E-state index contributed by atoms with van der Waals surface area (Å²) in [5.74, 6) is 2.33. The minimum Gasteiger partial charge on any atom is -0.343 e. The summed E-state index contributed by atoms with van der Waals surface area (Å²) >= 11 is 0. The lowest BCUT2D eigenvalue weighted by Gasteiger charge is -2.18. The second-order valence-corrected chi connectivity index (χ2v) is 8.30. The molecular formula is C33H78N2O. The van der Waals surface area contributed by atoms with Gasteiger partial charge in [0.1, 0.15) is 0 Å². The summed E-state index contributed by atoms with van der Waals surface area (Å²) in [6, 6.07) is 0.775. The van der Waals surface area contributed by atoms with Crippen molar-refractivity contribution < 1.29 is 4.79 Å². The smallest absolute Gasteiger partial charge is 0.219 e. The van der Waals surface area contributed by atoms with Crippen molar-refractivity contribution in [3.8, 4) is 0 Å². The molecule has 2 atom stereocenters. The average molecular weight is 519 g/mol. The Morgan fingerprint density at radius 2 is 0.806 bits per heavy atom. The van der Waals surface area contributed by atoms with Crippen LogP contribution in [-0.2, 0) is 4.79 Å². The molecule has 0 bridgehead atoms. The van der Waals surface area contributed by atoms with E-state index in [1.165, 1.54) is 64.5 Å². The van der Waals surface area contributed by atoms with Gasteiger partial charge in [0, 0.05) is 26.1 Å². The van der Waals surface area contributed by atoms with Crippen molar-refractivity contribution in [2.45, 2.75) is 175 Å². The third-order valence-electron chi connectivity index (χ3n) is 5.29. The highest BCUT2D eigenvalue weighted by Crippen LogP contribution is 2.36. The Bertz CT molecular complexity index is 322. The number of carbonyl (C=O) groups is 1. The van der Waals surface area contributed by atoms with Crippen LogP contribution in [0, 0.1) is 11.8 Å². The molecule has 2 aliphatic carbocycles. The number of hydrogen-bond donors (Lipinski definition) is 0. The maximum Gasteiger partial charge on any atom is 0.219 e. The number of likely N-dealkylation sites (tertiary alicyclic amines) is 2. The molecule has 0 aromatic carbocycles. The lowest BCUT2D eigenvalue weighted by Crippen LogP contribution is -2.26.